The molecule has 2 rings (SSSR count). The van der Waals surface area contributed by atoms with Crippen molar-refractivity contribution in [3.63, 3.8) is 0 Å². The molecule has 0 radical (unpaired) electrons. The molecule has 0 atom stereocenters. The van der Waals surface area contributed by atoms with Crippen molar-refractivity contribution in [2.24, 2.45) is 0 Å². The maximum atomic E-state index is 13.8. The summed E-state index contributed by atoms with van der Waals surface area (Å²) >= 11 is 0. The van der Waals surface area contributed by atoms with E-state index in [4.69, 9.17) is 4.55 Å². The van der Waals surface area contributed by atoms with Gasteiger partial charge < -0.3 is 5.11 Å². The van der Waals surface area contributed by atoms with Crippen LogP contribution in [0.1, 0.15) is 26.3 Å². The average Bonchev–Trinajstić information content (AvgIpc) is 2.49. The highest BCUT2D eigenvalue weighted by atomic mass is 32.2. The quantitative estimate of drug-likeness (QED) is 0.790. The van der Waals surface area contributed by atoms with E-state index in [1.807, 2.05) is 0 Å². The van der Waals surface area contributed by atoms with E-state index in [1.54, 1.807) is 20.8 Å². The molecule has 0 unspecified atom stereocenters. The number of hydrogen-bond donors (Lipinski definition) is 2. The Balaban J connectivity index is 2.93. The molecule has 0 spiro atoms. The van der Waals surface area contributed by atoms with Gasteiger partial charge in [0.25, 0.3) is 10.1 Å². The molecule has 5 nitrogen and oxygen atoms in total. The lowest BCUT2D eigenvalue weighted by Crippen LogP contribution is -2.10. The Kier molecular flexibility index (Phi) is 2.87. The Bertz CT molecular complexity index is 756. The minimum atomic E-state index is -4.37. The second kappa shape index (κ2) is 3.94. The van der Waals surface area contributed by atoms with Crippen molar-refractivity contribution in [1.29, 1.82) is 0 Å². The first kappa shape index (κ1) is 13.8. The first-order valence-corrected chi connectivity index (χ1v) is 6.99. The molecule has 2 aromatic rings. The fourth-order valence-corrected chi connectivity index (χ4v) is 2.63. The molecule has 0 aliphatic rings. The minimum absolute atomic E-state index is 0.0508. The van der Waals surface area contributed by atoms with Crippen LogP contribution in [-0.2, 0) is 15.5 Å². The van der Waals surface area contributed by atoms with E-state index in [1.165, 1.54) is 6.07 Å². The van der Waals surface area contributed by atoms with E-state index < -0.39 is 21.4 Å². The topological polar surface area (TPSA) is 79.5 Å². The fraction of sp³-hybridized carbons (Fsp3) is 0.333. The summed E-state index contributed by atoms with van der Waals surface area (Å²) in [6.45, 7) is 5.30. The summed E-state index contributed by atoms with van der Waals surface area (Å²) in [4.78, 5) is -0.236. The van der Waals surface area contributed by atoms with Gasteiger partial charge in [-0.05, 0) is 23.6 Å². The van der Waals surface area contributed by atoms with Gasteiger partial charge in [0.2, 0.25) is 5.88 Å². The smallest absolute Gasteiger partial charge is 0.294 e. The van der Waals surface area contributed by atoms with Crippen molar-refractivity contribution in [2.75, 3.05) is 0 Å². The lowest BCUT2D eigenvalue weighted by atomic mass is 9.86. The fourth-order valence-electron chi connectivity index (χ4n) is 2.12. The van der Waals surface area contributed by atoms with Gasteiger partial charge in [-0.3, -0.25) is 4.55 Å². The van der Waals surface area contributed by atoms with Crippen LogP contribution in [-0.4, -0.2) is 22.9 Å². The van der Waals surface area contributed by atoms with Gasteiger partial charge in [-0.2, -0.15) is 8.42 Å². The van der Waals surface area contributed by atoms with Crippen molar-refractivity contribution in [3.8, 4) is 5.88 Å². The van der Waals surface area contributed by atoms with Crippen molar-refractivity contribution < 1.29 is 22.6 Å². The SMILES string of the molecule is CC(C)(C)c1c(O)n(F)c2ccc(S(=O)(=O)O)cc12. The zero-order valence-electron chi connectivity index (χ0n) is 10.7. The summed E-state index contributed by atoms with van der Waals surface area (Å²) in [6, 6.07) is 3.44. The van der Waals surface area contributed by atoms with Gasteiger partial charge in [0.05, 0.1) is 10.4 Å². The summed E-state index contributed by atoms with van der Waals surface area (Å²) in [5, 5.41) is 10.1. The molecule has 1 aromatic carbocycles. The average molecular weight is 287 g/mol. The van der Waals surface area contributed by atoms with Crippen molar-refractivity contribution in [1.82, 2.24) is 4.79 Å². The van der Waals surface area contributed by atoms with Crippen LogP contribution in [0.4, 0.5) is 4.48 Å². The van der Waals surface area contributed by atoms with Crippen LogP contribution in [0.3, 0.4) is 0 Å². The highest BCUT2D eigenvalue weighted by molar-refractivity contribution is 7.85. The van der Waals surface area contributed by atoms with Crippen molar-refractivity contribution in [2.45, 2.75) is 31.1 Å². The van der Waals surface area contributed by atoms with E-state index in [9.17, 15) is 18.0 Å². The number of halogens is 1. The zero-order chi connectivity index (χ0) is 14.6. The van der Waals surface area contributed by atoms with E-state index in [0.717, 1.165) is 12.1 Å². The Labute approximate surface area is 110 Å². The van der Waals surface area contributed by atoms with Gasteiger partial charge in [0, 0.05) is 10.9 Å². The lowest BCUT2D eigenvalue weighted by molar-refractivity contribution is 0.298. The summed E-state index contributed by atoms with van der Waals surface area (Å²) in [6.07, 6.45) is 0. The molecule has 1 heterocycles. The highest BCUT2D eigenvalue weighted by Gasteiger charge is 2.27. The second-order valence-electron chi connectivity index (χ2n) is 5.38. The molecule has 19 heavy (non-hydrogen) atoms. The maximum Gasteiger partial charge on any atom is 0.294 e. The third kappa shape index (κ3) is 2.19. The molecule has 0 saturated carbocycles. The summed E-state index contributed by atoms with van der Waals surface area (Å²) in [5.74, 6) is -0.560. The van der Waals surface area contributed by atoms with E-state index in [2.05, 4.69) is 0 Å². The minimum Gasteiger partial charge on any atom is -0.493 e. The van der Waals surface area contributed by atoms with Crippen molar-refractivity contribution in [3.05, 3.63) is 23.8 Å². The molecular formula is C12H14FNO4S. The molecule has 1 aromatic heterocycles. The van der Waals surface area contributed by atoms with Crippen LogP contribution in [0.15, 0.2) is 23.1 Å². The molecular weight excluding hydrogens is 273 g/mol. The first-order chi connectivity index (χ1) is 8.53. The highest BCUT2D eigenvalue weighted by Crippen LogP contribution is 2.40. The Morgan fingerprint density at radius 1 is 1.26 bits per heavy atom. The number of fused-ring (bicyclic) bond motifs is 1. The molecule has 7 heteroatoms. The lowest BCUT2D eigenvalue weighted by Gasteiger charge is -2.18. The maximum absolute atomic E-state index is 13.8. The molecule has 0 aliphatic heterocycles. The number of aromatic nitrogens is 1. The number of rotatable bonds is 1. The van der Waals surface area contributed by atoms with Crippen molar-refractivity contribution >= 4 is 21.0 Å². The summed E-state index contributed by atoms with van der Waals surface area (Å²) in [7, 11) is -4.37. The molecule has 2 N–H and O–H groups in total. The largest absolute Gasteiger partial charge is 0.493 e. The normalized spacial score (nSPS) is 13.1. The van der Waals surface area contributed by atoms with Crippen LogP contribution in [0.5, 0.6) is 5.88 Å². The Morgan fingerprint density at radius 3 is 2.32 bits per heavy atom. The predicted octanol–water partition coefficient (Wildman–Crippen LogP) is 2.62. The standard InChI is InChI=1S/C12H14FNO4S/c1-12(2,3)10-8-6-7(19(16,17)18)4-5-9(8)14(13)11(10)15/h4-6,15H,1-3H3,(H,16,17,18). The molecule has 0 amide bonds. The molecule has 0 bridgehead atoms. The van der Waals surface area contributed by atoms with Gasteiger partial charge >= 0.3 is 0 Å². The second-order valence-corrected chi connectivity index (χ2v) is 6.80. The zero-order valence-corrected chi connectivity index (χ0v) is 11.5. The molecule has 0 saturated heterocycles. The van der Waals surface area contributed by atoms with Crippen LogP contribution in [0.2, 0.25) is 0 Å². The monoisotopic (exact) mass is 287 g/mol. The van der Waals surface area contributed by atoms with E-state index in [0.29, 0.717) is 0 Å². The van der Waals surface area contributed by atoms with Gasteiger partial charge in [-0.25, -0.2) is 0 Å². The third-order valence-corrected chi connectivity index (χ3v) is 3.76. The predicted molar refractivity (Wildman–Crippen MR) is 68.6 cm³/mol. The molecule has 104 valence electrons. The van der Waals surface area contributed by atoms with Gasteiger partial charge in [0.15, 0.2) is 0 Å². The van der Waals surface area contributed by atoms with Crippen LogP contribution in [0.25, 0.3) is 10.9 Å². The summed E-state index contributed by atoms with van der Waals surface area (Å²) in [5.41, 5.74) is -0.248. The van der Waals surface area contributed by atoms with Crippen LogP contribution >= 0.6 is 0 Å². The Hall–Kier alpha value is -1.60. The first-order valence-electron chi connectivity index (χ1n) is 5.55. The van der Waals surface area contributed by atoms with Crippen LogP contribution < -0.4 is 0 Å². The van der Waals surface area contributed by atoms with Gasteiger partial charge in [-0.15, -0.1) is 4.79 Å². The number of benzene rings is 1. The van der Waals surface area contributed by atoms with E-state index in [-0.39, 0.29) is 26.2 Å². The summed E-state index contributed by atoms with van der Waals surface area (Å²) < 4.78 is 45.1. The van der Waals surface area contributed by atoms with Gasteiger partial charge in [-0.1, -0.05) is 25.3 Å². The van der Waals surface area contributed by atoms with Gasteiger partial charge in [0.1, 0.15) is 0 Å². The molecule has 0 aliphatic carbocycles. The van der Waals surface area contributed by atoms with Crippen LogP contribution in [0, 0.1) is 0 Å². The third-order valence-electron chi connectivity index (χ3n) is 2.91. The molecule has 0 fully saturated rings. The number of aromatic hydroxyl groups is 1. The number of nitrogens with zero attached hydrogens (tertiary/aromatic N) is 1. The Morgan fingerprint density at radius 2 is 1.84 bits per heavy atom. The number of hydrogen-bond acceptors (Lipinski definition) is 3. The van der Waals surface area contributed by atoms with E-state index >= 15 is 0 Å².